The molecule has 0 aromatic rings. The first kappa shape index (κ1) is 15.4. The Morgan fingerprint density at radius 3 is 2.35 bits per heavy atom. The quantitative estimate of drug-likeness (QED) is 0.582. The molecule has 0 rings (SSSR count). The standard InChI is InChI=1S/C10H18N2O5/c1-7(17-2)3-4-9(14)12(5-8(11)13)6-10(15)16/h7H,3-6H2,1-2H3,(H2,11,13)(H,15,16). The third-order valence-electron chi connectivity index (χ3n) is 2.19. The largest absolute Gasteiger partial charge is 0.480 e. The maximum atomic E-state index is 11.6. The fourth-order valence-electron chi connectivity index (χ4n) is 1.19. The number of aliphatic carboxylic acids is 1. The highest BCUT2D eigenvalue weighted by Gasteiger charge is 2.19. The molecule has 0 spiro atoms. The summed E-state index contributed by atoms with van der Waals surface area (Å²) in [4.78, 5) is 33.8. The Morgan fingerprint density at radius 2 is 1.94 bits per heavy atom. The van der Waals surface area contributed by atoms with Crippen LogP contribution in [0.3, 0.4) is 0 Å². The van der Waals surface area contributed by atoms with Gasteiger partial charge in [-0.25, -0.2) is 0 Å². The van der Waals surface area contributed by atoms with E-state index in [0.29, 0.717) is 6.42 Å². The maximum absolute atomic E-state index is 11.6. The number of nitrogens with two attached hydrogens (primary N) is 1. The van der Waals surface area contributed by atoms with Gasteiger partial charge in [0, 0.05) is 13.5 Å². The third kappa shape index (κ3) is 7.29. The van der Waals surface area contributed by atoms with E-state index in [4.69, 9.17) is 15.6 Å². The molecule has 0 bridgehead atoms. The lowest BCUT2D eigenvalue weighted by Crippen LogP contribution is -2.41. The molecule has 0 aliphatic carbocycles. The van der Waals surface area contributed by atoms with Gasteiger partial charge in [-0.05, 0) is 13.3 Å². The monoisotopic (exact) mass is 246 g/mol. The van der Waals surface area contributed by atoms with E-state index in [-0.39, 0.29) is 19.1 Å². The van der Waals surface area contributed by atoms with E-state index in [1.165, 1.54) is 7.11 Å². The van der Waals surface area contributed by atoms with Gasteiger partial charge in [0.05, 0.1) is 12.6 Å². The summed E-state index contributed by atoms with van der Waals surface area (Å²) in [6.45, 7) is 0.887. The van der Waals surface area contributed by atoms with E-state index in [9.17, 15) is 14.4 Å². The normalized spacial score (nSPS) is 11.9. The highest BCUT2D eigenvalue weighted by atomic mass is 16.5. The van der Waals surface area contributed by atoms with Crippen LogP contribution in [-0.2, 0) is 19.1 Å². The van der Waals surface area contributed by atoms with Crippen molar-refractivity contribution in [1.82, 2.24) is 4.90 Å². The highest BCUT2D eigenvalue weighted by molar-refractivity contribution is 5.86. The minimum absolute atomic E-state index is 0.0980. The molecule has 0 aromatic heterocycles. The molecule has 0 aromatic carbocycles. The van der Waals surface area contributed by atoms with Crippen molar-refractivity contribution >= 4 is 17.8 Å². The molecule has 0 aliphatic rings. The van der Waals surface area contributed by atoms with Crippen LogP contribution in [-0.4, -0.2) is 54.1 Å². The number of carboxylic acid groups (broad SMARTS) is 1. The minimum atomic E-state index is -1.18. The summed E-state index contributed by atoms with van der Waals surface area (Å²) in [6, 6.07) is 0. The molecular formula is C10H18N2O5. The molecule has 0 radical (unpaired) electrons. The Bertz CT molecular complexity index is 276. The molecule has 0 saturated carbocycles. The Balaban J connectivity index is 4.31. The van der Waals surface area contributed by atoms with Crippen LogP contribution in [0.2, 0.25) is 0 Å². The second-order valence-electron chi connectivity index (χ2n) is 3.69. The van der Waals surface area contributed by atoms with Crippen molar-refractivity contribution in [3.8, 4) is 0 Å². The lowest BCUT2D eigenvalue weighted by Gasteiger charge is -2.19. The van der Waals surface area contributed by atoms with Crippen molar-refractivity contribution < 1.29 is 24.2 Å². The smallest absolute Gasteiger partial charge is 0.323 e. The van der Waals surface area contributed by atoms with Gasteiger partial charge in [0.2, 0.25) is 11.8 Å². The molecular weight excluding hydrogens is 228 g/mol. The maximum Gasteiger partial charge on any atom is 0.323 e. The zero-order valence-corrected chi connectivity index (χ0v) is 10.0. The first-order valence-electron chi connectivity index (χ1n) is 5.17. The van der Waals surface area contributed by atoms with Crippen LogP contribution in [0.4, 0.5) is 0 Å². The van der Waals surface area contributed by atoms with E-state index < -0.39 is 24.3 Å². The van der Waals surface area contributed by atoms with Gasteiger partial charge in [0.1, 0.15) is 6.54 Å². The zero-order valence-electron chi connectivity index (χ0n) is 10.0. The number of ether oxygens (including phenoxy) is 1. The van der Waals surface area contributed by atoms with Crippen LogP contribution in [0, 0.1) is 0 Å². The SMILES string of the molecule is COC(C)CCC(=O)N(CC(N)=O)CC(=O)O. The topological polar surface area (TPSA) is 110 Å². The predicted octanol–water partition coefficient (Wildman–Crippen LogP) is -0.800. The number of primary amides is 1. The highest BCUT2D eigenvalue weighted by Crippen LogP contribution is 2.03. The summed E-state index contributed by atoms with van der Waals surface area (Å²) in [5.41, 5.74) is 4.94. The number of amides is 2. The van der Waals surface area contributed by atoms with Crippen LogP contribution < -0.4 is 5.73 Å². The number of nitrogens with zero attached hydrogens (tertiary/aromatic N) is 1. The number of hydrogen-bond acceptors (Lipinski definition) is 4. The van der Waals surface area contributed by atoms with Gasteiger partial charge in [0.25, 0.3) is 0 Å². The summed E-state index contributed by atoms with van der Waals surface area (Å²) >= 11 is 0. The Kier molecular flexibility index (Phi) is 6.88. The first-order chi connectivity index (χ1) is 7.86. The molecule has 1 unspecified atom stereocenters. The molecule has 7 heteroatoms. The van der Waals surface area contributed by atoms with Crippen LogP contribution in [0.5, 0.6) is 0 Å². The summed E-state index contributed by atoms with van der Waals surface area (Å²) in [5, 5.41) is 8.60. The van der Waals surface area contributed by atoms with Crippen LogP contribution in [0.15, 0.2) is 0 Å². The average molecular weight is 246 g/mol. The van der Waals surface area contributed by atoms with Gasteiger partial charge in [-0.15, -0.1) is 0 Å². The van der Waals surface area contributed by atoms with Crippen molar-refractivity contribution in [1.29, 1.82) is 0 Å². The second kappa shape index (κ2) is 7.61. The van der Waals surface area contributed by atoms with Crippen molar-refractivity contribution in [2.24, 2.45) is 5.73 Å². The van der Waals surface area contributed by atoms with Crippen molar-refractivity contribution in [2.45, 2.75) is 25.9 Å². The second-order valence-corrected chi connectivity index (χ2v) is 3.69. The fourth-order valence-corrected chi connectivity index (χ4v) is 1.19. The van der Waals surface area contributed by atoms with E-state index in [1.807, 2.05) is 0 Å². The number of rotatable bonds is 8. The molecule has 1 atom stereocenters. The van der Waals surface area contributed by atoms with Gasteiger partial charge in [-0.1, -0.05) is 0 Å². The molecule has 17 heavy (non-hydrogen) atoms. The number of hydrogen-bond donors (Lipinski definition) is 2. The Morgan fingerprint density at radius 1 is 1.35 bits per heavy atom. The van der Waals surface area contributed by atoms with Crippen molar-refractivity contribution in [3.63, 3.8) is 0 Å². The number of methoxy groups -OCH3 is 1. The van der Waals surface area contributed by atoms with E-state index in [1.54, 1.807) is 6.92 Å². The molecule has 2 amide bonds. The van der Waals surface area contributed by atoms with E-state index in [2.05, 4.69) is 0 Å². The zero-order chi connectivity index (χ0) is 13.4. The fraction of sp³-hybridized carbons (Fsp3) is 0.700. The number of carboxylic acids is 1. The minimum Gasteiger partial charge on any atom is -0.480 e. The summed E-state index contributed by atoms with van der Waals surface area (Å²) in [6.07, 6.45) is 0.485. The molecule has 3 N–H and O–H groups in total. The molecule has 0 fully saturated rings. The van der Waals surface area contributed by atoms with Gasteiger partial charge in [0.15, 0.2) is 0 Å². The van der Waals surface area contributed by atoms with Crippen LogP contribution in [0.25, 0.3) is 0 Å². The van der Waals surface area contributed by atoms with Crippen molar-refractivity contribution in [3.05, 3.63) is 0 Å². The lowest BCUT2D eigenvalue weighted by atomic mass is 10.2. The summed E-state index contributed by atoms with van der Waals surface area (Å²) < 4.78 is 4.96. The lowest BCUT2D eigenvalue weighted by molar-refractivity contribution is -0.145. The predicted molar refractivity (Wildman–Crippen MR) is 59.1 cm³/mol. The van der Waals surface area contributed by atoms with Gasteiger partial charge in [-0.3, -0.25) is 14.4 Å². The first-order valence-corrected chi connectivity index (χ1v) is 5.17. The molecule has 7 nitrogen and oxygen atoms in total. The third-order valence-corrected chi connectivity index (χ3v) is 2.19. The van der Waals surface area contributed by atoms with E-state index in [0.717, 1.165) is 4.90 Å². The molecule has 0 heterocycles. The van der Waals surface area contributed by atoms with Gasteiger partial charge >= 0.3 is 5.97 Å². The van der Waals surface area contributed by atoms with Crippen LogP contribution >= 0.6 is 0 Å². The van der Waals surface area contributed by atoms with Gasteiger partial charge < -0.3 is 20.5 Å². The Labute approximate surface area is 99.5 Å². The summed E-state index contributed by atoms with van der Waals surface area (Å²) in [5.74, 6) is -2.34. The van der Waals surface area contributed by atoms with Gasteiger partial charge in [-0.2, -0.15) is 0 Å². The molecule has 98 valence electrons. The van der Waals surface area contributed by atoms with Crippen LogP contribution in [0.1, 0.15) is 19.8 Å². The Hall–Kier alpha value is -1.63. The number of carbonyl (C=O) groups excluding carboxylic acids is 2. The van der Waals surface area contributed by atoms with E-state index >= 15 is 0 Å². The van der Waals surface area contributed by atoms with Crippen molar-refractivity contribution in [2.75, 3.05) is 20.2 Å². The number of carbonyl (C=O) groups is 3. The summed E-state index contributed by atoms with van der Waals surface area (Å²) in [7, 11) is 1.52. The molecule has 0 saturated heterocycles. The average Bonchev–Trinajstić information content (AvgIpc) is 2.23. The molecule has 0 aliphatic heterocycles.